The summed E-state index contributed by atoms with van der Waals surface area (Å²) in [7, 11) is 1.62. The van der Waals surface area contributed by atoms with E-state index in [1.54, 1.807) is 19.4 Å². The second-order valence-corrected chi connectivity index (χ2v) is 6.07. The van der Waals surface area contributed by atoms with Crippen molar-refractivity contribution < 1.29 is 9.53 Å². The molecule has 5 heteroatoms. The molecule has 1 amide bonds. The second kappa shape index (κ2) is 9.38. The number of nitrogens with zero attached hydrogens (tertiary/aromatic N) is 2. The molecule has 2 aromatic carbocycles. The first-order chi connectivity index (χ1) is 13.3. The largest absolute Gasteiger partial charge is 0.496 e. The summed E-state index contributed by atoms with van der Waals surface area (Å²) >= 11 is 0. The highest BCUT2D eigenvalue weighted by atomic mass is 16.5. The number of hydrogen-bond donors (Lipinski definition) is 1. The van der Waals surface area contributed by atoms with Crippen LogP contribution in [-0.4, -0.2) is 29.1 Å². The number of aromatic nitrogens is 2. The molecule has 0 aliphatic rings. The molecular weight excluding hydrogens is 338 g/mol. The molecule has 5 nitrogen and oxygen atoms in total. The molecule has 0 aliphatic heterocycles. The third kappa shape index (κ3) is 5.31. The quantitative estimate of drug-likeness (QED) is 0.626. The highest BCUT2D eigenvalue weighted by Gasteiger charge is 2.05. The molecule has 0 radical (unpaired) electrons. The van der Waals surface area contributed by atoms with Gasteiger partial charge in [0.25, 0.3) is 0 Å². The predicted octanol–water partition coefficient (Wildman–Crippen LogP) is 3.31. The van der Waals surface area contributed by atoms with E-state index in [-0.39, 0.29) is 5.91 Å². The fourth-order valence-electron chi connectivity index (χ4n) is 2.82. The maximum Gasteiger partial charge on any atom is 0.244 e. The summed E-state index contributed by atoms with van der Waals surface area (Å²) in [6, 6.07) is 17.8. The lowest BCUT2D eigenvalue weighted by Gasteiger charge is -2.08. The van der Waals surface area contributed by atoms with E-state index in [0.717, 1.165) is 23.7 Å². The van der Waals surface area contributed by atoms with Crippen LogP contribution in [0.2, 0.25) is 0 Å². The van der Waals surface area contributed by atoms with Gasteiger partial charge in [-0.3, -0.25) is 4.79 Å². The topological polar surface area (TPSA) is 56.1 Å². The van der Waals surface area contributed by atoms with Crippen LogP contribution in [0.5, 0.6) is 5.75 Å². The van der Waals surface area contributed by atoms with Crippen molar-refractivity contribution in [3.8, 4) is 5.75 Å². The summed E-state index contributed by atoms with van der Waals surface area (Å²) in [5.41, 5.74) is 2.09. The van der Waals surface area contributed by atoms with Crippen molar-refractivity contribution in [2.24, 2.45) is 0 Å². The summed E-state index contributed by atoms with van der Waals surface area (Å²) in [6.45, 7) is 1.30. The summed E-state index contributed by atoms with van der Waals surface area (Å²) in [4.78, 5) is 16.5. The van der Waals surface area contributed by atoms with E-state index in [9.17, 15) is 4.79 Å². The molecule has 0 atom stereocenters. The van der Waals surface area contributed by atoms with Gasteiger partial charge in [0, 0.05) is 43.5 Å². The molecule has 3 aromatic rings. The zero-order valence-electron chi connectivity index (χ0n) is 15.3. The molecule has 1 heterocycles. The van der Waals surface area contributed by atoms with Gasteiger partial charge >= 0.3 is 0 Å². The first-order valence-corrected chi connectivity index (χ1v) is 8.89. The number of imidazole rings is 1. The molecular formula is C22H23N3O2. The number of amides is 1. The van der Waals surface area contributed by atoms with Gasteiger partial charge in [0.2, 0.25) is 5.91 Å². The minimum atomic E-state index is -0.137. The van der Waals surface area contributed by atoms with Gasteiger partial charge in [0.15, 0.2) is 0 Å². The number of ether oxygens (including phenoxy) is 1. The molecule has 3 rings (SSSR count). The third-order valence-corrected chi connectivity index (χ3v) is 4.20. The first-order valence-electron chi connectivity index (χ1n) is 8.89. The highest BCUT2D eigenvalue weighted by Crippen LogP contribution is 2.18. The minimum Gasteiger partial charge on any atom is -0.496 e. The van der Waals surface area contributed by atoms with Gasteiger partial charge in [-0.25, -0.2) is 4.98 Å². The molecule has 0 saturated carbocycles. The maximum absolute atomic E-state index is 12.1. The van der Waals surface area contributed by atoms with Crippen LogP contribution < -0.4 is 10.1 Å². The summed E-state index contributed by atoms with van der Waals surface area (Å²) in [5.74, 6) is 1.56. The van der Waals surface area contributed by atoms with Crippen LogP contribution in [0.4, 0.5) is 0 Å². The van der Waals surface area contributed by atoms with Crippen molar-refractivity contribution in [3.63, 3.8) is 0 Å². The molecule has 27 heavy (non-hydrogen) atoms. The van der Waals surface area contributed by atoms with Crippen molar-refractivity contribution in [2.45, 2.75) is 13.0 Å². The Morgan fingerprint density at radius 2 is 1.93 bits per heavy atom. The van der Waals surface area contributed by atoms with E-state index in [1.807, 2.05) is 48.7 Å². The molecule has 138 valence electrons. The van der Waals surface area contributed by atoms with Gasteiger partial charge in [-0.15, -0.1) is 0 Å². The van der Waals surface area contributed by atoms with Gasteiger partial charge in [-0.2, -0.15) is 0 Å². The number of nitrogens with one attached hydrogen (secondary N) is 1. The standard InChI is InChI=1S/C22H23N3O2/c1-27-20-10-6-5-9-19(20)11-12-22(26)24-14-13-21-23-15-16-25(21)17-18-7-3-2-4-8-18/h2-12,15-16H,13-14,17H2,1H3,(H,24,26)/b12-11+. The average molecular weight is 361 g/mol. The lowest BCUT2D eigenvalue weighted by Crippen LogP contribution is -2.24. The molecule has 0 aliphatic carbocycles. The fourth-order valence-corrected chi connectivity index (χ4v) is 2.82. The van der Waals surface area contributed by atoms with Crippen molar-refractivity contribution in [3.05, 3.63) is 90.0 Å². The molecule has 0 bridgehead atoms. The van der Waals surface area contributed by atoms with Crippen LogP contribution in [0.3, 0.4) is 0 Å². The maximum atomic E-state index is 12.1. The molecule has 0 saturated heterocycles. The van der Waals surface area contributed by atoms with Crippen molar-refractivity contribution in [1.82, 2.24) is 14.9 Å². The Kier molecular flexibility index (Phi) is 6.41. The van der Waals surface area contributed by atoms with Crippen LogP contribution in [0.15, 0.2) is 73.1 Å². The number of para-hydroxylation sites is 1. The molecule has 0 fully saturated rings. The van der Waals surface area contributed by atoms with Crippen LogP contribution in [0.1, 0.15) is 17.0 Å². The van der Waals surface area contributed by atoms with Crippen molar-refractivity contribution in [1.29, 1.82) is 0 Å². The predicted molar refractivity (Wildman–Crippen MR) is 107 cm³/mol. The van der Waals surface area contributed by atoms with Gasteiger partial charge in [0.1, 0.15) is 11.6 Å². The second-order valence-electron chi connectivity index (χ2n) is 6.07. The van der Waals surface area contributed by atoms with E-state index in [0.29, 0.717) is 13.0 Å². The number of rotatable bonds is 8. The number of carbonyl (C=O) groups excluding carboxylic acids is 1. The molecule has 0 spiro atoms. The van der Waals surface area contributed by atoms with Crippen LogP contribution >= 0.6 is 0 Å². The normalized spacial score (nSPS) is 10.9. The Morgan fingerprint density at radius 3 is 2.74 bits per heavy atom. The van der Waals surface area contributed by atoms with E-state index in [4.69, 9.17) is 4.74 Å². The Bertz CT molecular complexity index is 901. The highest BCUT2D eigenvalue weighted by molar-refractivity contribution is 5.92. The zero-order valence-corrected chi connectivity index (χ0v) is 15.3. The summed E-state index contributed by atoms with van der Waals surface area (Å²) < 4.78 is 7.38. The molecule has 0 unspecified atom stereocenters. The lowest BCUT2D eigenvalue weighted by molar-refractivity contribution is -0.116. The Morgan fingerprint density at radius 1 is 1.15 bits per heavy atom. The van der Waals surface area contributed by atoms with Gasteiger partial charge in [-0.1, -0.05) is 48.5 Å². The molecule has 1 aromatic heterocycles. The fraction of sp³-hybridized carbons (Fsp3) is 0.182. The third-order valence-electron chi connectivity index (χ3n) is 4.20. The number of carbonyl (C=O) groups is 1. The van der Waals surface area contributed by atoms with Gasteiger partial charge in [-0.05, 0) is 17.7 Å². The van der Waals surface area contributed by atoms with Crippen LogP contribution in [-0.2, 0) is 17.8 Å². The molecule has 1 N–H and O–H groups in total. The first kappa shape index (κ1) is 18.5. The number of hydrogen-bond acceptors (Lipinski definition) is 3. The minimum absolute atomic E-state index is 0.137. The summed E-state index contributed by atoms with van der Waals surface area (Å²) in [5, 5.41) is 2.90. The van der Waals surface area contributed by atoms with Gasteiger partial charge in [0.05, 0.1) is 7.11 Å². The Balaban J connectivity index is 1.51. The van der Waals surface area contributed by atoms with E-state index >= 15 is 0 Å². The average Bonchev–Trinajstić information content (AvgIpc) is 3.14. The Hall–Kier alpha value is -3.34. The van der Waals surface area contributed by atoms with E-state index < -0.39 is 0 Å². The summed E-state index contributed by atoms with van der Waals surface area (Å²) in [6.07, 6.45) is 7.71. The number of methoxy groups -OCH3 is 1. The Labute approximate surface area is 159 Å². The monoisotopic (exact) mass is 361 g/mol. The van der Waals surface area contributed by atoms with Crippen LogP contribution in [0, 0.1) is 0 Å². The van der Waals surface area contributed by atoms with E-state index in [1.165, 1.54) is 11.6 Å². The number of benzene rings is 2. The van der Waals surface area contributed by atoms with E-state index in [2.05, 4.69) is 27.0 Å². The smallest absolute Gasteiger partial charge is 0.244 e. The van der Waals surface area contributed by atoms with Crippen LogP contribution in [0.25, 0.3) is 6.08 Å². The zero-order chi connectivity index (χ0) is 18.9. The SMILES string of the molecule is COc1ccccc1/C=C/C(=O)NCCc1nccn1Cc1ccccc1. The van der Waals surface area contributed by atoms with Crippen molar-refractivity contribution in [2.75, 3.05) is 13.7 Å². The van der Waals surface area contributed by atoms with Gasteiger partial charge < -0.3 is 14.6 Å². The van der Waals surface area contributed by atoms with Crippen molar-refractivity contribution >= 4 is 12.0 Å². The lowest BCUT2D eigenvalue weighted by atomic mass is 10.2.